The molecule has 0 unspecified atom stereocenters. The lowest BCUT2D eigenvalue weighted by Gasteiger charge is -2.22. The number of hydrogen-bond acceptors (Lipinski definition) is 5. The SMILES string of the molecule is O=C(O)/C=C/C(=O)O.c1ccn(-c2cncc(N3CCCNCC3)c2)c1. The molecule has 0 bridgehead atoms. The van der Waals surface area contributed by atoms with Gasteiger partial charge >= 0.3 is 11.9 Å². The van der Waals surface area contributed by atoms with Crippen molar-refractivity contribution in [2.45, 2.75) is 6.42 Å². The van der Waals surface area contributed by atoms with E-state index in [9.17, 15) is 9.59 Å². The van der Waals surface area contributed by atoms with Gasteiger partial charge in [-0.15, -0.1) is 0 Å². The standard InChI is InChI=1S/C14H18N4.C4H4O4/c1-2-7-17(6-1)13-10-14(12-16-11-13)18-8-3-4-15-5-9-18;5-3(6)1-2-4(7)8/h1-2,6-7,10-12,15H,3-5,8-9H2;1-2H,(H,5,6)(H,7,8)/b;2-1+. The summed E-state index contributed by atoms with van der Waals surface area (Å²) in [7, 11) is 0. The van der Waals surface area contributed by atoms with Gasteiger partial charge in [-0.25, -0.2) is 9.59 Å². The largest absolute Gasteiger partial charge is 0.478 e. The quantitative estimate of drug-likeness (QED) is 0.709. The summed E-state index contributed by atoms with van der Waals surface area (Å²) in [6.07, 6.45) is 10.3. The van der Waals surface area contributed by atoms with Gasteiger partial charge in [-0.3, -0.25) is 4.98 Å². The van der Waals surface area contributed by atoms with E-state index in [4.69, 9.17) is 10.2 Å². The third kappa shape index (κ3) is 6.40. The number of aliphatic carboxylic acids is 2. The van der Waals surface area contributed by atoms with Gasteiger partial charge in [-0.2, -0.15) is 0 Å². The molecule has 0 aliphatic carbocycles. The number of carboxylic acid groups (broad SMARTS) is 2. The topological polar surface area (TPSA) is 108 Å². The van der Waals surface area contributed by atoms with Crippen molar-refractivity contribution in [2.75, 3.05) is 31.1 Å². The minimum atomic E-state index is -1.26. The van der Waals surface area contributed by atoms with Gasteiger partial charge in [0.25, 0.3) is 0 Å². The van der Waals surface area contributed by atoms with Crippen molar-refractivity contribution >= 4 is 17.6 Å². The van der Waals surface area contributed by atoms with Crippen LogP contribution < -0.4 is 10.2 Å². The minimum Gasteiger partial charge on any atom is -0.478 e. The average Bonchev–Trinajstić information content (AvgIpc) is 3.03. The number of aromatic nitrogens is 2. The van der Waals surface area contributed by atoms with E-state index in [0.29, 0.717) is 12.2 Å². The molecule has 3 heterocycles. The van der Waals surface area contributed by atoms with Gasteiger partial charge in [-0.1, -0.05) is 0 Å². The summed E-state index contributed by atoms with van der Waals surface area (Å²) in [5.41, 5.74) is 2.33. The number of carboxylic acids is 2. The fraction of sp³-hybridized carbons (Fsp3) is 0.278. The second-order valence-electron chi connectivity index (χ2n) is 5.59. The van der Waals surface area contributed by atoms with Gasteiger partial charge in [0.2, 0.25) is 0 Å². The molecular weight excluding hydrogens is 336 g/mol. The Bertz CT molecular complexity index is 719. The maximum Gasteiger partial charge on any atom is 0.328 e. The van der Waals surface area contributed by atoms with E-state index in [2.05, 4.69) is 25.8 Å². The van der Waals surface area contributed by atoms with Crippen molar-refractivity contribution in [2.24, 2.45) is 0 Å². The highest BCUT2D eigenvalue weighted by molar-refractivity contribution is 5.89. The van der Waals surface area contributed by atoms with Gasteiger partial charge in [0.05, 0.1) is 23.8 Å². The van der Waals surface area contributed by atoms with Crippen LogP contribution in [0.4, 0.5) is 5.69 Å². The minimum absolute atomic E-state index is 0.558. The lowest BCUT2D eigenvalue weighted by Crippen LogP contribution is -2.27. The monoisotopic (exact) mass is 358 g/mol. The molecule has 0 spiro atoms. The summed E-state index contributed by atoms with van der Waals surface area (Å²) in [5, 5.41) is 19.0. The molecule has 0 saturated carbocycles. The molecule has 3 N–H and O–H groups in total. The van der Waals surface area contributed by atoms with E-state index >= 15 is 0 Å². The maximum atomic E-state index is 9.55. The molecule has 0 amide bonds. The molecule has 0 aromatic carbocycles. The van der Waals surface area contributed by atoms with Crippen LogP contribution in [-0.4, -0.2) is 57.9 Å². The highest BCUT2D eigenvalue weighted by atomic mass is 16.4. The van der Waals surface area contributed by atoms with Crippen LogP contribution in [0.1, 0.15) is 6.42 Å². The molecule has 1 saturated heterocycles. The van der Waals surface area contributed by atoms with Crippen LogP contribution in [0.25, 0.3) is 5.69 Å². The van der Waals surface area contributed by atoms with Gasteiger partial charge in [0, 0.05) is 44.2 Å². The number of carbonyl (C=O) groups is 2. The number of anilines is 1. The second kappa shape index (κ2) is 10.00. The number of rotatable bonds is 4. The zero-order valence-corrected chi connectivity index (χ0v) is 14.3. The van der Waals surface area contributed by atoms with Crippen LogP contribution in [0.3, 0.4) is 0 Å². The van der Waals surface area contributed by atoms with Gasteiger partial charge < -0.3 is 25.0 Å². The number of nitrogens with zero attached hydrogens (tertiary/aromatic N) is 3. The average molecular weight is 358 g/mol. The van der Waals surface area contributed by atoms with E-state index < -0.39 is 11.9 Å². The van der Waals surface area contributed by atoms with Crippen LogP contribution in [0.15, 0.2) is 55.1 Å². The third-order valence-corrected chi connectivity index (χ3v) is 3.69. The van der Waals surface area contributed by atoms with Crippen molar-refractivity contribution in [1.29, 1.82) is 0 Å². The normalized spacial score (nSPS) is 14.4. The van der Waals surface area contributed by atoms with E-state index in [1.807, 2.05) is 36.9 Å². The Balaban J connectivity index is 0.000000260. The van der Waals surface area contributed by atoms with Gasteiger partial charge in [0.1, 0.15) is 0 Å². The molecule has 1 aliphatic rings. The Morgan fingerprint density at radius 3 is 2.31 bits per heavy atom. The molecule has 8 nitrogen and oxygen atoms in total. The lowest BCUT2D eigenvalue weighted by atomic mass is 10.3. The molecular formula is C18H22N4O4. The fourth-order valence-electron chi connectivity index (χ4n) is 2.48. The summed E-state index contributed by atoms with van der Waals surface area (Å²) in [6.45, 7) is 4.32. The summed E-state index contributed by atoms with van der Waals surface area (Å²) >= 11 is 0. The first kappa shape index (κ1) is 19.2. The Kier molecular flexibility index (Phi) is 7.38. The summed E-state index contributed by atoms with van der Waals surface area (Å²) in [5.74, 6) is -2.51. The third-order valence-electron chi connectivity index (χ3n) is 3.69. The van der Waals surface area contributed by atoms with Crippen molar-refractivity contribution in [3.8, 4) is 5.69 Å². The van der Waals surface area contributed by atoms with Crippen LogP contribution in [0.5, 0.6) is 0 Å². The predicted molar refractivity (Wildman–Crippen MR) is 97.7 cm³/mol. The molecule has 1 aliphatic heterocycles. The number of nitrogens with one attached hydrogen (secondary N) is 1. The Morgan fingerprint density at radius 2 is 1.65 bits per heavy atom. The van der Waals surface area contributed by atoms with Crippen molar-refractivity contribution in [3.63, 3.8) is 0 Å². The van der Waals surface area contributed by atoms with Crippen molar-refractivity contribution in [3.05, 3.63) is 55.1 Å². The van der Waals surface area contributed by atoms with Gasteiger partial charge in [-0.05, 0) is 31.2 Å². The molecule has 3 rings (SSSR count). The molecule has 26 heavy (non-hydrogen) atoms. The number of pyridine rings is 1. The molecule has 0 radical (unpaired) electrons. The highest BCUT2D eigenvalue weighted by Crippen LogP contribution is 2.18. The van der Waals surface area contributed by atoms with Crippen LogP contribution in [0.2, 0.25) is 0 Å². The smallest absolute Gasteiger partial charge is 0.328 e. The Hall–Kier alpha value is -3.13. The molecule has 1 fully saturated rings. The summed E-state index contributed by atoms with van der Waals surface area (Å²) < 4.78 is 2.09. The Labute approximate surface area is 151 Å². The second-order valence-corrected chi connectivity index (χ2v) is 5.59. The van der Waals surface area contributed by atoms with E-state index in [0.717, 1.165) is 31.9 Å². The maximum absolute atomic E-state index is 9.55. The lowest BCUT2D eigenvalue weighted by molar-refractivity contribution is -0.134. The molecule has 2 aromatic rings. The van der Waals surface area contributed by atoms with E-state index in [1.54, 1.807) is 0 Å². The molecule has 0 atom stereocenters. The van der Waals surface area contributed by atoms with Crippen molar-refractivity contribution in [1.82, 2.24) is 14.9 Å². The first-order valence-electron chi connectivity index (χ1n) is 8.24. The predicted octanol–water partition coefficient (Wildman–Crippen LogP) is 1.38. The van der Waals surface area contributed by atoms with E-state index in [1.165, 1.54) is 12.1 Å². The van der Waals surface area contributed by atoms with E-state index in [-0.39, 0.29) is 0 Å². The zero-order valence-electron chi connectivity index (χ0n) is 14.3. The van der Waals surface area contributed by atoms with Gasteiger partial charge in [0.15, 0.2) is 0 Å². The summed E-state index contributed by atoms with van der Waals surface area (Å²) in [6, 6.07) is 6.27. The number of hydrogen-bond donors (Lipinski definition) is 3. The van der Waals surface area contributed by atoms with Crippen LogP contribution >= 0.6 is 0 Å². The van der Waals surface area contributed by atoms with Crippen molar-refractivity contribution < 1.29 is 19.8 Å². The summed E-state index contributed by atoms with van der Waals surface area (Å²) in [4.78, 5) is 25.9. The highest BCUT2D eigenvalue weighted by Gasteiger charge is 2.10. The Morgan fingerprint density at radius 1 is 1.00 bits per heavy atom. The molecule has 138 valence electrons. The molecule has 8 heteroatoms. The first-order valence-corrected chi connectivity index (χ1v) is 8.24. The van der Waals surface area contributed by atoms with Crippen LogP contribution in [0, 0.1) is 0 Å². The van der Waals surface area contributed by atoms with Crippen LogP contribution in [-0.2, 0) is 9.59 Å². The fourth-order valence-corrected chi connectivity index (χ4v) is 2.48. The molecule has 2 aromatic heterocycles. The first-order chi connectivity index (χ1) is 12.6. The zero-order chi connectivity index (χ0) is 18.8.